The van der Waals surface area contributed by atoms with Crippen molar-refractivity contribution in [2.45, 2.75) is 73.0 Å². The lowest BCUT2D eigenvalue weighted by atomic mass is 10.1. The Bertz CT molecular complexity index is 2550. The first kappa shape index (κ1) is 55.4. The maximum Gasteiger partial charge on any atom is 0.314 e. The number of likely N-dealkylation sites (tertiary alicyclic amines) is 1. The molecule has 1 saturated heterocycles. The third-order valence-electron chi connectivity index (χ3n) is 12.9. The van der Waals surface area contributed by atoms with Crippen molar-refractivity contribution in [3.05, 3.63) is 119 Å². The molecule has 7 rings (SSSR count). The van der Waals surface area contributed by atoms with E-state index in [1.807, 2.05) is 18.2 Å². The van der Waals surface area contributed by atoms with Crippen molar-refractivity contribution >= 4 is 32.1 Å². The maximum atomic E-state index is 12.9. The molecule has 7 N–H and O–H groups in total. The molecule has 0 spiro atoms. The molecule has 3 atom stereocenters. The number of rotatable bonds is 32. The number of unbranched alkanes of at least 4 members (excludes halogenated alkanes) is 1. The van der Waals surface area contributed by atoms with Crippen LogP contribution < -0.4 is 45.1 Å². The number of ether oxygens (including phenoxy) is 6. The summed E-state index contributed by atoms with van der Waals surface area (Å²) in [4.78, 5) is 26.0. The Morgan fingerprint density at radius 2 is 0.959 bits per heavy atom. The largest absolute Gasteiger partial charge is 0.486 e. The predicted octanol–water partition coefficient (Wildman–Crippen LogP) is 3.18. The number of carbonyl (C=O) groups is 2. The number of quaternary nitrogens is 1. The number of urea groups is 2. The number of hydrogen-bond acceptors (Lipinski definition) is 12. The predicted molar refractivity (Wildman–Crippen MR) is 274 cm³/mol. The monoisotopic (exact) mass is 1050 g/mol. The minimum absolute atomic E-state index is 0.0376. The van der Waals surface area contributed by atoms with E-state index in [2.05, 4.69) is 61.0 Å². The van der Waals surface area contributed by atoms with Crippen LogP contribution in [-0.2, 0) is 51.8 Å². The summed E-state index contributed by atoms with van der Waals surface area (Å²) in [5, 5.41) is 11.0. The smallest absolute Gasteiger partial charge is 0.314 e. The van der Waals surface area contributed by atoms with Crippen LogP contribution in [0.25, 0.3) is 0 Å². The van der Waals surface area contributed by atoms with Crippen LogP contribution in [0.2, 0.25) is 0 Å². The van der Waals surface area contributed by atoms with Crippen LogP contribution in [-0.4, -0.2) is 140 Å². The molecular weight excluding hydrogens is 979 g/mol. The molecule has 21 heteroatoms. The molecule has 3 aliphatic rings. The fourth-order valence-corrected chi connectivity index (χ4v) is 11.2. The highest BCUT2D eigenvalue weighted by atomic mass is 32.2. The van der Waals surface area contributed by atoms with Gasteiger partial charge in [0.15, 0.2) is 6.10 Å². The summed E-state index contributed by atoms with van der Waals surface area (Å²) in [6.07, 6.45) is 6.53. The zero-order chi connectivity index (χ0) is 51.1. The van der Waals surface area contributed by atoms with Crippen molar-refractivity contribution in [1.29, 1.82) is 0 Å². The summed E-state index contributed by atoms with van der Waals surface area (Å²) >= 11 is 0. The summed E-state index contributed by atoms with van der Waals surface area (Å²) in [5.41, 5.74) is 5.00. The Kier molecular flexibility index (Phi) is 21.9. The highest BCUT2D eigenvalue weighted by Gasteiger charge is 2.42. The fraction of sp³-hybridized carbons (Fsp3) is 0.500. The second kappa shape index (κ2) is 28.9. The lowest BCUT2D eigenvalue weighted by molar-refractivity contribution is -0.916. The SMILES string of the molecule is O=C(NCCCCNC(=O)NCCOCCOCCNS(=O)(=O)c1ccc(O[C@H]2c3ccccc3CC2[NH+]2CCCC2)cc1)NCCOCCOCCNS(=O)(=O)c1ccc(O[C@@H]2CCc3ccccc32)cc1. The first-order chi connectivity index (χ1) is 35.6. The van der Waals surface area contributed by atoms with E-state index >= 15 is 0 Å². The Hall–Kier alpha value is -5.36. The molecule has 4 aromatic rings. The normalized spacial score (nSPS) is 17.5. The van der Waals surface area contributed by atoms with Gasteiger partial charge >= 0.3 is 12.1 Å². The molecule has 0 radical (unpaired) electrons. The zero-order valence-corrected chi connectivity index (χ0v) is 43.1. The summed E-state index contributed by atoms with van der Waals surface area (Å²) in [7, 11) is -7.44. The zero-order valence-electron chi connectivity index (χ0n) is 41.4. The Morgan fingerprint density at radius 3 is 1.49 bits per heavy atom. The molecule has 4 amide bonds. The maximum absolute atomic E-state index is 12.9. The van der Waals surface area contributed by atoms with Gasteiger partial charge in [-0.25, -0.2) is 35.9 Å². The highest BCUT2D eigenvalue weighted by Crippen LogP contribution is 2.36. The number of amides is 4. The van der Waals surface area contributed by atoms with Crippen molar-refractivity contribution in [2.24, 2.45) is 0 Å². The molecule has 1 unspecified atom stereocenters. The number of fused-ring (bicyclic) bond motifs is 2. The van der Waals surface area contributed by atoms with Gasteiger partial charge in [-0.1, -0.05) is 48.5 Å². The Labute approximate surface area is 429 Å². The number of nitrogens with one attached hydrogen (secondary N) is 7. The summed E-state index contributed by atoms with van der Waals surface area (Å²) in [6.45, 7) is 6.00. The second-order valence-corrected chi connectivity index (χ2v) is 21.6. The van der Waals surface area contributed by atoms with E-state index in [1.165, 1.54) is 47.2 Å². The second-order valence-electron chi connectivity index (χ2n) is 18.0. The average molecular weight is 1050 g/mol. The molecule has 2 aliphatic carbocycles. The highest BCUT2D eigenvalue weighted by molar-refractivity contribution is 7.89. The van der Waals surface area contributed by atoms with Crippen LogP contribution in [0, 0.1) is 0 Å². The van der Waals surface area contributed by atoms with Crippen molar-refractivity contribution in [1.82, 2.24) is 30.7 Å². The molecule has 0 saturated carbocycles. The van der Waals surface area contributed by atoms with Crippen molar-refractivity contribution in [3.8, 4) is 11.5 Å². The number of aryl methyl sites for hydroxylation is 1. The Balaban J connectivity index is 0.608. The van der Waals surface area contributed by atoms with Gasteiger partial charge in [-0.3, -0.25) is 0 Å². The van der Waals surface area contributed by atoms with Gasteiger partial charge in [0, 0.05) is 64.1 Å². The van der Waals surface area contributed by atoms with Crippen LogP contribution >= 0.6 is 0 Å². The number of carbonyl (C=O) groups excluding carboxylic acids is 2. The van der Waals surface area contributed by atoms with E-state index in [-0.39, 0.29) is 100 Å². The van der Waals surface area contributed by atoms with Crippen LogP contribution in [0.1, 0.15) is 66.6 Å². The lowest BCUT2D eigenvalue weighted by Crippen LogP contribution is -3.14. The molecule has 1 fully saturated rings. The lowest BCUT2D eigenvalue weighted by Gasteiger charge is -2.27. The molecule has 398 valence electrons. The fourth-order valence-electron chi connectivity index (χ4n) is 9.17. The van der Waals surface area contributed by atoms with E-state index < -0.39 is 20.0 Å². The number of hydrogen-bond donors (Lipinski definition) is 7. The average Bonchev–Trinajstić information content (AvgIpc) is 4.16. The van der Waals surface area contributed by atoms with Crippen LogP contribution in [0.5, 0.6) is 11.5 Å². The molecule has 1 aliphatic heterocycles. The van der Waals surface area contributed by atoms with Gasteiger partial charge in [0.25, 0.3) is 0 Å². The molecule has 1 heterocycles. The number of benzene rings is 4. The summed E-state index contributed by atoms with van der Waals surface area (Å²) in [6, 6.07) is 29.3. The van der Waals surface area contributed by atoms with E-state index in [9.17, 15) is 26.4 Å². The van der Waals surface area contributed by atoms with E-state index in [4.69, 9.17) is 28.4 Å². The van der Waals surface area contributed by atoms with Gasteiger partial charge in [-0.2, -0.15) is 0 Å². The standard InChI is InChI=1S/C52H71N7O12S2/c60-51(55-25-31-66-35-37-68-33-27-57-72(62,63)44-18-14-42(15-19-44)70-49-22-13-40-9-1-3-11-46(40)49)53-23-5-6-24-54-52(61)56-26-32-67-36-38-69-34-28-58-73(64,65)45-20-16-43(17-21-45)71-50-47-12-4-2-10-41(47)39-48(50)59-29-7-8-30-59/h1-4,9-12,14-21,48-50,57-58H,5-8,13,22-39H2,(H2,53,55,60)(H2,54,56,61)/p+1/t48?,49-,50+/m1/s1. The van der Waals surface area contributed by atoms with Crippen molar-refractivity contribution in [2.75, 3.05) is 105 Å². The third-order valence-corrected chi connectivity index (χ3v) is 15.8. The first-order valence-corrected chi connectivity index (χ1v) is 28.4. The van der Waals surface area contributed by atoms with Crippen molar-refractivity contribution < 1.29 is 59.7 Å². The first-order valence-electron chi connectivity index (χ1n) is 25.4. The van der Waals surface area contributed by atoms with Gasteiger partial charge < -0.3 is 54.6 Å². The van der Waals surface area contributed by atoms with Gasteiger partial charge in [0.1, 0.15) is 23.6 Å². The van der Waals surface area contributed by atoms with E-state index in [0.29, 0.717) is 56.6 Å². The number of sulfonamides is 2. The molecular formula is C52H72N7O12S2+. The van der Waals surface area contributed by atoms with Gasteiger partial charge in [-0.05, 0) is 90.9 Å². The molecule has 0 bridgehead atoms. The van der Waals surface area contributed by atoms with E-state index in [0.717, 1.165) is 32.4 Å². The minimum atomic E-state index is -3.73. The molecule has 19 nitrogen and oxygen atoms in total. The molecule has 4 aromatic carbocycles. The van der Waals surface area contributed by atoms with Crippen LogP contribution in [0.4, 0.5) is 9.59 Å². The van der Waals surface area contributed by atoms with Crippen LogP contribution in [0.15, 0.2) is 107 Å². The van der Waals surface area contributed by atoms with Crippen molar-refractivity contribution in [3.63, 3.8) is 0 Å². The minimum Gasteiger partial charge on any atom is -0.486 e. The van der Waals surface area contributed by atoms with Crippen LogP contribution in [0.3, 0.4) is 0 Å². The molecule has 0 aromatic heterocycles. The van der Waals surface area contributed by atoms with Gasteiger partial charge in [-0.15, -0.1) is 0 Å². The quantitative estimate of drug-likeness (QED) is 0.0350. The molecule has 73 heavy (non-hydrogen) atoms. The Morgan fingerprint density at radius 1 is 0.507 bits per heavy atom. The van der Waals surface area contributed by atoms with Gasteiger partial charge in [0.05, 0.1) is 75.7 Å². The van der Waals surface area contributed by atoms with E-state index in [1.54, 1.807) is 41.3 Å². The van der Waals surface area contributed by atoms with Gasteiger partial charge in [0.2, 0.25) is 20.0 Å². The summed E-state index contributed by atoms with van der Waals surface area (Å²) < 4.78 is 91.0. The summed E-state index contributed by atoms with van der Waals surface area (Å²) in [5.74, 6) is 1.26. The third kappa shape index (κ3) is 17.6. The topological polar surface area (TPSA) is 234 Å².